The molecule has 1 amide bonds. The molecule has 1 saturated heterocycles. The quantitative estimate of drug-likeness (QED) is 0.753. The molecule has 0 radical (unpaired) electrons. The maximum Gasteiger partial charge on any atom is 0.231 e. The first kappa shape index (κ1) is 9.85. The Hall–Kier alpha value is -1.35. The Morgan fingerprint density at radius 2 is 2.25 bits per heavy atom. The Kier molecular flexibility index (Phi) is 2.40. The van der Waals surface area contributed by atoms with Gasteiger partial charge in [-0.05, 0) is 18.1 Å². The van der Waals surface area contributed by atoms with Gasteiger partial charge in [0.25, 0.3) is 0 Å². The lowest BCUT2D eigenvalue weighted by Gasteiger charge is -2.20. The van der Waals surface area contributed by atoms with Gasteiger partial charge in [0, 0.05) is 24.8 Å². The van der Waals surface area contributed by atoms with Crippen molar-refractivity contribution < 1.29 is 9.53 Å². The summed E-state index contributed by atoms with van der Waals surface area (Å²) in [5, 5.41) is 0. The first-order chi connectivity index (χ1) is 7.84. The Labute approximate surface area is 95.0 Å². The van der Waals surface area contributed by atoms with Crippen LogP contribution in [0, 0.1) is 5.92 Å². The second-order valence-electron chi connectivity index (χ2n) is 4.54. The minimum Gasteiger partial charge on any atom is -0.381 e. The maximum atomic E-state index is 11.9. The molecule has 0 bridgehead atoms. The summed E-state index contributed by atoms with van der Waals surface area (Å²) in [5.74, 6) is 0.739. The van der Waals surface area contributed by atoms with Crippen molar-refractivity contribution in [3.05, 3.63) is 29.8 Å². The van der Waals surface area contributed by atoms with Gasteiger partial charge in [-0.3, -0.25) is 4.79 Å². The van der Waals surface area contributed by atoms with Gasteiger partial charge in [0.05, 0.1) is 13.0 Å². The fourth-order valence-electron chi connectivity index (χ4n) is 2.50. The molecule has 3 nitrogen and oxygen atoms in total. The summed E-state index contributed by atoms with van der Waals surface area (Å²) < 4.78 is 5.35. The predicted octanol–water partition coefficient (Wildman–Crippen LogP) is 1.61. The smallest absolute Gasteiger partial charge is 0.231 e. The van der Waals surface area contributed by atoms with Gasteiger partial charge in [0.2, 0.25) is 5.91 Å². The summed E-state index contributed by atoms with van der Waals surface area (Å²) in [4.78, 5) is 13.8. The van der Waals surface area contributed by atoms with Crippen LogP contribution in [0.3, 0.4) is 0 Å². The number of carbonyl (C=O) groups excluding carboxylic acids is 1. The highest BCUT2D eigenvalue weighted by Crippen LogP contribution is 2.30. The number of nitrogens with zero attached hydrogens (tertiary/aromatic N) is 1. The zero-order valence-electron chi connectivity index (χ0n) is 9.19. The van der Waals surface area contributed by atoms with Crippen molar-refractivity contribution >= 4 is 11.6 Å². The average molecular weight is 217 g/mol. The minimum absolute atomic E-state index is 0.230. The Morgan fingerprint density at radius 3 is 3.06 bits per heavy atom. The van der Waals surface area contributed by atoms with Crippen LogP contribution in [0.15, 0.2) is 24.3 Å². The molecule has 1 aromatic carbocycles. The summed E-state index contributed by atoms with van der Waals surface area (Å²) in [6, 6.07) is 8.07. The number of fused-ring (bicyclic) bond motifs is 1. The van der Waals surface area contributed by atoms with E-state index in [4.69, 9.17) is 4.74 Å². The molecular formula is C13H15NO2. The molecule has 2 aliphatic rings. The lowest BCUT2D eigenvalue weighted by molar-refractivity contribution is -0.117. The normalized spacial score (nSPS) is 23.9. The van der Waals surface area contributed by atoms with Crippen molar-refractivity contribution in [1.29, 1.82) is 0 Å². The van der Waals surface area contributed by atoms with E-state index in [0.29, 0.717) is 12.3 Å². The van der Waals surface area contributed by atoms with Crippen LogP contribution >= 0.6 is 0 Å². The van der Waals surface area contributed by atoms with Crippen molar-refractivity contribution in [2.75, 3.05) is 24.7 Å². The van der Waals surface area contributed by atoms with Crippen molar-refractivity contribution in [2.24, 2.45) is 5.92 Å². The van der Waals surface area contributed by atoms with E-state index >= 15 is 0 Å². The van der Waals surface area contributed by atoms with E-state index in [2.05, 4.69) is 0 Å². The van der Waals surface area contributed by atoms with Gasteiger partial charge in [0.1, 0.15) is 0 Å². The molecule has 1 fully saturated rings. The van der Waals surface area contributed by atoms with Crippen LogP contribution in [0.1, 0.15) is 12.0 Å². The largest absolute Gasteiger partial charge is 0.381 e. The van der Waals surface area contributed by atoms with Crippen molar-refractivity contribution in [3.8, 4) is 0 Å². The number of benzene rings is 1. The van der Waals surface area contributed by atoms with E-state index in [1.54, 1.807) is 0 Å². The second kappa shape index (κ2) is 3.91. The zero-order valence-corrected chi connectivity index (χ0v) is 9.19. The molecule has 84 valence electrons. The summed E-state index contributed by atoms with van der Waals surface area (Å²) in [6.45, 7) is 2.45. The fourth-order valence-corrected chi connectivity index (χ4v) is 2.50. The molecule has 1 aromatic rings. The Balaban J connectivity index is 1.81. The second-order valence-corrected chi connectivity index (χ2v) is 4.54. The number of amides is 1. The van der Waals surface area contributed by atoms with Gasteiger partial charge < -0.3 is 9.64 Å². The molecule has 2 aliphatic heterocycles. The first-order valence-corrected chi connectivity index (χ1v) is 5.80. The molecule has 2 heterocycles. The van der Waals surface area contributed by atoms with Crippen LogP contribution in [0.5, 0.6) is 0 Å². The topological polar surface area (TPSA) is 29.5 Å². The lowest BCUT2D eigenvalue weighted by atomic mass is 10.1. The van der Waals surface area contributed by atoms with Crippen LogP contribution in [-0.4, -0.2) is 25.7 Å². The SMILES string of the molecule is O=C1Cc2ccccc2N1CC1CCOC1. The fraction of sp³-hybridized carbons (Fsp3) is 0.462. The minimum atomic E-state index is 0.230. The molecule has 0 N–H and O–H groups in total. The van der Waals surface area contributed by atoms with Gasteiger partial charge in [0.15, 0.2) is 0 Å². The third-order valence-corrected chi connectivity index (χ3v) is 3.39. The number of para-hydroxylation sites is 1. The molecule has 0 aliphatic carbocycles. The molecule has 0 saturated carbocycles. The van der Waals surface area contributed by atoms with Crippen molar-refractivity contribution in [1.82, 2.24) is 0 Å². The molecule has 0 spiro atoms. The van der Waals surface area contributed by atoms with E-state index < -0.39 is 0 Å². The number of rotatable bonds is 2. The van der Waals surface area contributed by atoms with E-state index in [1.165, 1.54) is 0 Å². The van der Waals surface area contributed by atoms with Crippen LogP contribution in [0.2, 0.25) is 0 Å². The standard InChI is InChI=1S/C13H15NO2/c15-13-7-11-3-1-2-4-12(11)14(13)8-10-5-6-16-9-10/h1-4,10H,5-9H2. The Morgan fingerprint density at radius 1 is 1.38 bits per heavy atom. The van der Waals surface area contributed by atoms with Gasteiger partial charge in [-0.25, -0.2) is 0 Å². The molecule has 1 unspecified atom stereocenters. The summed E-state index contributed by atoms with van der Waals surface area (Å²) in [6.07, 6.45) is 1.63. The molecule has 3 rings (SSSR count). The van der Waals surface area contributed by atoms with Crippen LogP contribution < -0.4 is 4.90 Å². The zero-order chi connectivity index (χ0) is 11.0. The highest BCUT2D eigenvalue weighted by atomic mass is 16.5. The summed E-state index contributed by atoms with van der Waals surface area (Å²) in [7, 11) is 0. The highest BCUT2D eigenvalue weighted by molar-refractivity contribution is 6.01. The van der Waals surface area contributed by atoms with E-state index in [0.717, 1.165) is 37.4 Å². The monoisotopic (exact) mass is 217 g/mol. The molecular weight excluding hydrogens is 202 g/mol. The number of hydrogen-bond acceptors (Lipinski definition) is 2. The van der Waals surface area contributed by atoms with Crippen LogP contribution in [0.4, 0.5) is 5.69 Å². The van der Waals surface area contributed by atoms with Gasteiger partial charge in [-0.1, -0.05) is 18.2 Å². The predicted molar refractivity (Wildman–Crippen MR) is 61.4 cm³/mol. The number of anilines is 1. The van der Waals surface area contributed by atoms with Crippen molar-refractivity contribution in [2.45, 2.75) is 12.8 Å². The number of ether oxygens (including phenoxy) is 1. The van der Waals surface area contributed by atoms with Crippen LogP contribution in [0.25, 0.3) is 0 Å². The van der Waals surface area contributed by atoms with Gasteiger partial charge in [-0.2, -0.15) is 0 Å². The number of hydrogen-bond donors (Lipinski definition) is 0. The van der Waals surface area contributed by atoms with Crippen molar-refractivity contribution in [3.63, 3.8) is 0 Å². The lowest BCUT2D eigenvalue weighted by Crippen LogP contribution is -2.32. The Bertz CT molecular complexity index is 410. The first-order valence-electron chi connectivity index (χ1n) is 5.80. The third kappa shape index (κ3) is 1.61. The van der Waals surface area contributed by atoms with Gasteiger partial charge in [-0.15, -0.1) is 0 Å². The average Bonchev–Trinajstić information content (AvgIpc) is 2.89. The number of carbonyl (C=O) groups is 1. The highest BCUT2D eigenvalue weighted by Gasteiger charge is 2.29. The van der Waals surface area contributed by atoms with E-state index in [-0.39, 0.29) is 5.91 Å². The van der Waals surface area contributed by atoms with E-state index in [9.17, 15) is 4.79 Å². The van der Waals surface area contributed by atoms with Crippen LogP contribution in [-0.2, 0) is 16.0 Å². The molecule has 16 heavy (non-hydrogen) atoms. The molecule has 1 atom stereocenters. The van der Waals surface area contributed by atoms with E-state index in [1.807, 2.05) is 29.2 Å². The third-order valence-electron chi connectivity index (χ3n) is 3.39. The molecule has 3 heteroatoms. The molecule has 0 aromatic heterocycles. The summed E-state index contributed by atoms with van der Waals surface area (Å²) in [5.41, 5.74) is 2.26. The van der Waals surface area contributed by atoms with Gasteiger partial charge >= 0.3 is 0 Å². The maximum absolute atomic E-state index is 11.9. The summed E-state index contributed by atoms with van der Waals surface area (Å²) >= 11 is 0.